The highest BCUT2D eigenvalue weighted by atomic mass is 16.2. The van der Waals surface area contributed by atoms with Crippen LogP contribution in [0, 0.1) is 6.92 Å². The fraction of sp³-hybridized carbons (Fsp3) is 0.257. The minimum absolute atomic E-state index is 0.0977. The van der Waals surface area contributed by atoms with E-state index in [1.807, 2.05) is 78.7 Å². The summed E-state index contributed by atoms with van der Waals surface area (Å²) in [6.07, 6.45) is 14.1. The maximum atomic E-state index is 14.2. The minimum Gasteiger partial charge on any atom is -0.393 e. The van der Waals surface area contributed by atoms with Crippen LogP contribution >= 0.6 is 0 Å². The lowest BCUT2D eigenvalue weighted by atomic mass is 9.90. The number of rotatable bonds is 7. The second-order valence-corrected chi connectivity index (χ2v) is 11.5. The molecule has 0 saturated heterocycles. The van der Waals surface area contributed by atoms with Crippen LogP contribution in [-0.4, -0.2) is 37.5 Å². The fourth-order valence-corrected chi connectivity index (χ4v) is 6.07. The number of carbonyl (C=O) groups is 1. The summed E-state index contributed by atoms with van der Waals surface area (Å²) in [4.78, 5) is 47.2. The summed E-state index contributed by atoms with van der Waals surface area (Å²) in [7, 11) is 0. The van der Waals surface area contributed by atoms with Gasteiger partial charge in [0, 0.05) is 37.2 Å². The van der Waals surface area contributed by atoms with Crippen molar-refractivity contribution < 1.29 is 4.79 Å². The largest absolute Gasteiger partial charge is 0.393 e. The Balaban J connectivity index is 1.27. The molecular formula is C35H36N6O3. The van der Waals surface area contributed by atoms with Crippen LogP contribution in [0.2, 0.25) is 0 Å². The molecular weight excluding hydrogens is 552 g/mol. The molecule has 2 aliphatic rings. The predicted octanol–water partition coefficient (Wildman–Crippen LogP) is 4.23. The normalized spacial score (nSPS) is 18.5. The Morgan fingerprint density at radius 1 is 1.00 bits per heavy atom. The van der Waals surface area contributed by atoms with Gasteiger partial charge < -0.3 is 16.0 Å². The SMILES string of the molecule is Cc1cnc2c(c1)c(=O)n(C1CCC(NC(=O)/C(N)=C/N3C=CC=CC3)CC1)c(=O)n2-c1cccc(Cc2ccccc2)c1. The summed E-state index contributed by atoms with van der Waals surface area (Å²) in [6.45, 7) is 2.54. The first-order valence-corrected chi connectivity index (χ1v) is 15.0. The zero-order valence-corrected chi connectivity index (χ0v) is 24.7. The minimum atomic E-state index is -0.404. The Morgan fingerprint density at radius 3 is 2.52 bits per heavy atom. The van der Waals surface area contributed by atoms with Crippen molar-refractivity contribution in [3.63, 3.8) is 0 Å². The highest BCUT2D eigenvalue weighted by Gasteiger charge is 2.28. The first-order valence-electron chi connectivity index (χ1n) is 15.0. The van der Waals surface area contributed by atoms with Gasteiger partial charge in [0.1, 0.15) is 5.70 Å². The molecule has 1 aliphatic carbocycles. The van der Waals surface area contributed by atoms with Crippen molar-refractivity contribution in [3.05, 3.63) is 141 Å². The molecule has 3 heterocycles. The van der Waals surface area contributed by atoms with Gasteiger partial charge in [-0.15, -0.1) is 0 Å². The van der Waals surface area contributed by atoms with Crippen molar-refractivity contribution in [1.82, 2.24) is 24.3 Å². The van der Waals surface area contributed by atoms with Gasteiger partial charge in [-0.05, 0) is 80.0 Å². The quantitative estimate of drug-likeness (QED) is 0.312. The number of nitrogens with zero attached hydrogens (tertiary/aromatic N) is 4. The lowest BCUT2D eigenvalue weighted by Crippen LogP contribution is -2.45. The highest BCUT2D eigenvalue weighted by Crippen LogP contribution is 2.28. The van der Waals surface area contributed by atoms with Crippen LogP contribution in [0.1, 0.15) is 48.4 Å². The van der Waals surface area contributed by atoms with Gasteiger partial charge >= 0.3 is 5.69 Å². The first kappa shape index (κ1) is 28.9. The van der Waals surface area contributed by atoms with Gasteiger partial charge in [-0.1, -0.05) is 54.6 Å². The number of amides is 1. The van der Waals surface area contributed by atoms with E-state index in [1.54, 1.807) is 23.0 Å². The molecule has 1 aliphatic heterocycles. The zero-order chi connectivity index (χ0) is 30.6. The van der Waals surface area contributed by atoms with Crippen LogP contribution in [0.4, 0.5) is 0 Å². The van der Waals surface area contributed by atoms with E-state index >= 15 is 0 Å². The molecule has 3 N–H and O–H groups in total. The number of fused-ring (bicyclic) bond motifs is 1. The second-order valence-electron chi connectivity index (χ2n) is 11.5. The van der Waals surface area contributed by atoms with Gasteiger partial charge in [-0.25, -0.2) is 14.3 Å². The monoisotopic (exact) mass is 588 g/mol. The van der Waals surface area contributed by atoms with Crippen LogP contribution < -0.4 is 22.3 Å². The van der Waals surface area contributed by atoms with Crippen molar-refractivity contribution >= 4 is 16.9 Å². The van der Waals surface area contributed by atoms with Crippen LogP contribution in [0.3, 0.4) is 0 Å². The summed E-state index contributed by atoms with van der Waals surface area (Å²) in [5.74, 6) is -0.321. The van der Waals surface area contributed by atoms with E-state index in [2.05, 4.69) is 22.4 Å². The molecule has 6 rings (SSSR count). The lowest BCUT2D eigenvalue weighted by molar-refractivity contribution is -0.118. The lowest BCUT2D eigenvalue weighted by Gasteiger charge is -2.30. The molecule has 0 unspecified atom stereocenters. The van der Waals surface area contributed by atoms with E-state index in [4.69, 9.17) is 5.73 Å². The van der Waals surface area contributed by atoms with Crippen LogP contribution in [0.5, 0.6) is 0 Å². The topological polar surface area (TPSA) is 115 Å². The molecule has 0 radical (unpaired) electrons. The molecule has 224 valence electrons. The molecule has 0 atom stereocenters. The standard InChI is InChI=1S/C35H36N6O3/c1-24-19-30-32(37-22-24)40(29-12-8-11-26(21-29)20-25-9-4-2-5-10-25)35(44)41(34(30)43)28-15-13-27(14-16-28)38-33(42)31(36)23-39-17-6-3-7-18-39/h2-12,17,19,21-23,27-28H,13-16,18,20,36H2,1H3,(H,38,42)/b31-23-. The Bertz CT molecular complexity index is 1900. The van der Waals surface area contributed by atoms with Crippen LogP contribution in [-0.2, 0) is 11.2 Å². The molecule has 4 aromatic rings. The van der Waals surface area contributed by atoms with E-state index in [9.17, 15) is 14.4 Å². The van der Waals surface area contributed by atoms with Gasteiger partial charge in [0.25, 0.3) is 11.5 Å². The van der Waals surface area contributed by atoms with Gasteiger partial charge in [-0.3, -0.25) is 14.2 Å². The number of aromatic nitrogens is 3. The van der Waals surface area contributed by atoms with Gasteiger partial charge in [0.2, 0.25) is 0 Å². The number of aryl methyl sites for hydroxylation is 1. The van der Waals surface area contributed by atoms with Gasteiger partial charge in [-0.2, -0.15) is 0 Å². The number of hydrogen-bond acceptors (Lipinski definition) is 6. The molecule has 9 heteroatoms. The number of carbonyl (C=O) groups excluding carboxylic acids is 1. The number of nitrogens with two attached hydrogens (primary N) is 1. The number of pyridine rings is 1. The molecule has 1 fully saturated rings. The Morgan fingerprint density at radius 2 is 1.77 bits per heavy atom. The smallest absolute Gasteiger partial charge is 0.337 e. The maximum Gasteiger partial charge on any atom is 0.337 e. The summed E-state index contributed by atoms with van der Waals surface area (Å²) >= 11 is 0. The Hall–Kier alpha value is -5.18. The molecule has 0 bridgehead atoms. The molecule has 2 aromatic carbocycles. The second kappa shape index (κ2) is 12.6. The summed E-state index contributed by atoms with van der Waals surface area (Å²) in [5, 5.41) is 3.44. The average molecular weight is 589 g/mol. The van der Waals surface area contributed by atoms with Gasteiger partial charge in [0.15, 0.2) is 5.65 Å². The van der Waals surface area contributed by atoms with Crippen molar-refractivity contribution in [3.8, 4) is 5.69 Å². The number of benzene rings is 2. The first-order chi connectivity index (χ1) is 21.4. The van der Waals surface area contributed by atoms with Crippen molar-refractivity contribution in [2.24, 2.45) is 5.73 Å². The predicted molar refractivity (Wildman–Crippen MR) is 172 cm³/mol. The van der Waals surface area contributed by atoms with E-state index in [0.717, 1.165) is 17.5 Å². The van der Waals surface area contributed by atoms with E-state index < -0.39 is 5.69 Å². The summed E-state index contributed by atoms with van der Waals surface area (Å²) in [6, 6.07) is 19.4. The Kier molecular flexibility index (Phi) is 8.27. The summed E-state index contributed by atoms with van der Waals surface area (Å²) in [5.41, 5.74) is 9.55. The van der Waals surface area contributed by atoms with E-state index in [-0.39, 0.29) is 29.2 Å². The third kappa shape index (κ3) is 6.13. The summed E-state index contributed by atoms with van der Waals surface area (Å²) < 4.78 is 2.96. The molecule has 44 heavy (non-hydrogen) atoms. The van der Waals surface area contributed by atoms with Gasteiger partial charge in [0.05, 0.1) is 11.1 Å². The van der Waals surface area contributed by atoms with Crippen LogP contribution in [0.15, 0.2) is 113 Å². The third-order valence-electron chi connectivity index (χ3n) is 8.29. The molecule has 1 amide bonds. The van der Waals surface area contributed by atoms with E-state index in [0.29, 0.717) is 48.9 Å². The van der Waals surface area contributed by atoms with Crippen LogP contribution in [0.25, 0.3) is 16.7 Å². The Labute approximate surface area is 255 Å². The van der Waals surface area contributed by atoms with Crippen molar-refractivity contribution in [1.29, 1.82) is 0 Å². The number of hydrogen-bond donors (Lipinski definition) is 2. The van der Waals surface area contributed by atoms with Crippen molar-refractivity contribution in [2.45, 2.75) is 51.1 Å². The molecule has 2 aromatic heterocycles. The highest BCUT2D eigenvalue weighted by molar-refractivity contribution is 5.92. The number of allylic oxidation sites excluding steroid dienone is 2. The van der Waals surface area contributed by atoms with Crippen molar-refractivity contribution in [2.75, 3.05) is 6.54 Å². The zero-order valence-electron chi connectivity index (χ0n) is 24.7. The van der Waals surface area contributed by atoms with E-state index in [1.165, 1.54) is 10.1 Å². The fourth-order valence-electron chi connectivity index (χ4n) is 6.07. The average Bonchev–Trinajstić information content (AvgIpc) is 3.03. The number of nitrogens with one attached hydrogen (secondary N) is 1. The maximum absolute atomic E-state index is 14.2. The molecule has 0 spiro atoms. The molecule has 1 saturated carbocycles. The molecule has 9 nitrogen and oxygen atoms in total. The third-order valence-corrected chi connectivity index (χ3v) is 8.29.